The number of carbonyl (C=O) groups is 2. The molecule has 0 heterocycles. The molecule has 0 atom stereocenters. The maximum Gasteiger partial charge on any atom is 0.343 e. The number of ether oxygens (including phenoxy) is 4. The van der Waals surface area contributed by atoms with Gasteiger partial charge in [-0.3, -0.25) is 0 Å². The Morgan fingerprint density at radius 1 is 0.434 bits per heavy atom. The Kier molecular flexibility index (Phi) is 18.8. The summed E-state index contributed by atoms with van der Waals surface area (Å²) < 4.78 is 22.9. The van der Waals surface area contributed by atoms with E-state index in [1.54, 1.807) is 60.7 Å². The molecular formula is C47H58O6. The highest BCUT2D eigenvalue weighted by Crippen LogP contribution is 2.21. The van der Waals surface area contributed by atoms with Gasteiger partial charge in [-0.15, -0.1) is 0 Å². The van der Waals surface area contributed by atoms with E-state index in [4.69, 9.17) is 18.9 Å². The number of rotatable bonds is 25. The molecule has 0 aromatic heterocycles. The van der Waals surface area contributed by atoms with E-state index in [1.165, 1.54) is 83.5 Å². The number of unbranched alkanes of at least 4 members (excludes halogenated alkanes) is 13. The minimum atomic E-state index is -0.498. The average molecular weight is 719 g/mol. The lowest BCUT2D eigenvalue weighted by Crippen LogP contribution is -2.10. The molecule has 0 saturated heterocycles. The van der Waals surface area contributed by atoms with E-state index in [9.17, 15) is 9.59 Å². The molecule has 0 aliphatic rings. The van der Waals surface area contributed by atoms with Gasteiger partial charge in [0.05, 0.1) is 24.3 Å². The molecule has 4 rings (SSSR count). The van der Waals surface area contributed by atoms with Crippen LogP contribution in [0.1, 0.15) is 142 Å². The van der Waals surface area contributed by atoms with Crippen molar-refractivity contribution in [1.82, 2.24) is 0 Å². The van der Waals surface area contributed by atoms with Gasteiger partial charge in [0.25, 0.3) is 0 Å². The highest BCUT2D eigenvalue weighted by molar-refractivity contribution is 5.92. The zero-order valence-corrected chi connectivity index (χ0v) is 31.9. The van der Waals surface area contributed by atoms with Crippen molar-refractivity contribution < 1.29 is 28.5 Å². The van der Waals surface area contributed by atoms with E-state index in [1.807, 2.05) is 48.6 Å². The van der Waals surface area contributed by atoms with Gasteiger partial charge in [0.1, 0.15) is 23.0 Å². The Balaban J connectivity index is 1.14. The summed E-state index contributed by atoms with van der Waals surface area (Å²) in [7, 11) is 0. The molecular weight excluding hydrogens is 661 g/mol. The lowest BCUT2D eigenvalue weighted by molar-refractivity contribution is 0.0730. The number of hydrogen-bond acceptors (Lipinski definition) is 6. The average Bonchev–Trinajstić information content (AvgIpc) is 3.18. The van der Waals surface area contributed by atoms with Crippen LogP contribution >= 0.6 is 0 Å². The largest absolute Gasteiger partial charge is 0.494 e. The molecule has 6 heteroatoms. The van der Waals surface area contributed by atoms with Gasteiger partial charge in [-0.25, -0.2) is 9.59 Å². The monoisotopic (exact) mass is 718 g/mol. The first kappa shape index (κ1) is 40.9. The SMILES string of the molecule is CCCCCCCCCCCCOc1ccc(C(=O)Oc2ccc(C(=O)Oc3ccc(/C=C/c4cccc(OCCCCCCC)c4)cc3)cc2)cc1. The lowest BCUT2D eigenvalue weighted by Gasteiger charge is -2.08. The van der Waals surface area contributed by atoms with E-state index in [0.717, 1.165) is 42.1 Å². The van der Waals surface area contributed by atoms with Crippen LogP contribution in [0.5, 0.6) is 23.0 Å². The second-order valence-electron chi connectivity index (χ2n) is 13.6. The van der Waals surface area contributed by atoms with Crippen LogP contribution in [0.4, 0.5) is 0 Å². The highest BCUT2D eigenvalue weighted by atomic mass is 16.5. The third-order valence-corrected chi connectivity index (χ3v) is 9.09. The quantitative estimate of drug-likeness (QED) is 0.0294. The van der Waals surface area contributed by atoms with Crippen LogP contribution in [0.15, 0.2) is 97.1 Å². The van der Waals surface area contributed by atoms with E-state index >= 15 is 0 Å². The van der Waals surface area contributed by atoms with Crippen molar-refractivity contribution in [1.29, 1.82) is 0 Å². The number of carbonyl (C=O) groups excluding carboxylic acids is 2. The van der Waals surface area contributed by atoms with Crippen LogP contribution in [0.25, 0.3) is 12.2 Å². The molecule has 0 N–H and O–H groups in total. The van der Waals surface area contributed by atoms with Crippen LogP contribution in [0.2, 0.25) is 0 Å². The molecule has 6 nitrogen and oxygen atoms in total. The summed E-state index contributed by atoms with van der Waals surface area (Å²) in [5.41, 5.74) is 2.80. The van der Waals surface area contributed by atoms with E-state index in [-0.39, 0.29) is 0 Å². The van der Waals surface area contributed by atoms with Gasteiger partial charge < -0.3 is 18.9 Å². The lowest BCUT2D eigenvalue weighted by atomic mass is 10.1. The minimum absolute atomic E-state index is 0.337. The molecule has 0 unspecified atom stereocenters. The third-order valence-electron chi connectivity index (χ3n) is 9.09. The van der Waals surface area contributed by atoms with Crippen molar-refractivity contribution in [3.8, 4) is 23.0 Å². The van der Waals surface area contributed by atoms with Gasteiger partial charge in [0.15, 0.2) is 0 Å². The molecule has 0 bridgehead atoms. The first-order valence-electron chi connectivity index (χ1n) is 19.8. The highest BCUT2D eigenvalue weighted by Gasteiger charge is 2.12. The second-order valence-corrected chi connectivity index (χ2v) is 13.6. The summed E-state index contributed by atoms with van der Waals surface area (Å²) in [6, 6.07) is 28.7. The Morgan fingerprint density at radius 3 is 1.36 bits per heavy atom. The predicted molar refractivity (Wildman–Crippen MR) is 216 cm³/mol. The van der Waals surface area contributed by atoms with Crippen molar-refractivity contribution >= 4 is 24.1 Å². The summed E-state index contributed by atoms with van der Waals surface area (Å²) in [5.74, 6) is 1.41. The zero-order valence-electron chi connectivity index (χ0n) is 31.9. The summed E-state index contributed by atoms with van der Waals surface area (Å²) in [5, 5.41) is 0. The van der Waals surface area contributed by atoms with Gasteiger partial charge in [-0.2, -0.15) is 0 Å². The van der Waals surface area contributed by atoms with Crippen molar-refractivity contribution in [3.63, 3.8) is 0 Å². The predicted octanol–water partition coefficient (Wildman–Crippen LogP) is 12.9. The minimum Gasteiger partial charge on any atom is -0.494 e. The first-order valence-corrected chi connectivity index (χ1v) is 19.8. The molecule has 4 aromatic rings. The van der Waals surface area contributed by atoms with Crippen LogP contribution in [0, 0.1) is 0 Å². The Morgan fingerprint density at radius 2 is 0.849 bits per heavy atom. The van der Waals surface area contributed by atoms with Crippen LogP contribution in [-0.4, -0.2) is 25.2 Å². The molecule has 0 aliphatic heterocycles. The molecule has 0 spiro atoms. The molecule has 0 saturated carbocycles. The first-order chi connectivity index (χ1) is 26.0. The Bertz CT molecular complexity index is 1640. The molecule has 282 valence electrons. The van der Waals surface area contributed by atoms with Crippen molar-refractivity contribution in [2.45, 2.75) is 110 Å². The fourth-order valence-electron chi connectivity index (χ4n) is 5.90. The normalized spacial score (nSPS) is 11.1. The fraction of sp³-hybridized carbons (Fsp3) is 0.404. The summed E-state index contributed by atoms with van der Waals surface area (Å²) in [6.07, 6.45) is 22.9. The van der Waals surface area contributed by atoms with Gasteiger partial charge >= 0.3 is 11.9 Å². The molecule has 4 aromatic carbocycles. The third kappa shape index (κ3) is 16.2. The van der Waals surface area contributed by atoms with Gasteiger partial charge in [-0.1, -0.05) is 134 Å². The van der Waals surface area contributed by atoms with Crippen molar-refractivity contribution in [2.24, 2.45) is 0 Å². The number of esters is 2. The molecule has 0 radical (unpaired) electrons. The van der Waals surface area contributed by atoms with Crippen LogP contribution in [-0.2, 0) is 0 Å². The number of benzene rings is 4. The molecule has 0 aliphatic carbocycles. The Labute approximate surface area is 317 Å². The topological polar surface area (TPSA) is 71.1 Å². The van der Waals surface area contributed by atoms with Crippen LogP contribution < -0.4 is 18.9 Å². The van der Waals surface area contributed by atoms with E-state index in [0.29, 0.717) is 29.2 Å². The summed E-state index contributed by atoms with van der Waals surface area (Å²) >= 11 is 0. The maximum atomic E-state index is 12.8. The summed E-state index contributed by atoms with van der Waals surface area (Å²) in [4.78, 5) is 25.5. The standard InChI is InChI=1S/C47H58O6/c1-3-5-7-9-10-11-12-13-15-17-35-50-42-31-25-40(26-32-42)46(48)53-44-33-27-41(28-34-44)47(49)52-43-29-23-38(24-30-43)21-22-39-19-18-20-45(37-39)51-36-16-14-8-6-4-2/h18-34,37H,3-17,35-36H2,1-2H3/b22-21+. The van der Waals surface area contributed by atoms with E-state index < -0.39 is 11.9 Å². The van der Waals surface area contributed by atoms with Gasteiger partial charge in [0, 0.05) is 0 Å². The van der Waals surface area contributed by atoms with E-state index in [2.05, 4.69) is 13.8 Å². The van der Waals surface area contributed by atoms with Gasteiger partial charge in [0.2, 0.25) is 0 Å². The smallest absolute Gasteiger partial charge is 0.343 e. The molecule has 0 amide bonds. The number of hydrogen-bond donors (Lipinski definition) is 0. The summed E-state index contributed by atoms with van der Waals surface area (Å²) in [6.45, 7) is 5.88. The Hall–Kier alpha value is -4.84. The zero-order chi connectivity index (χ0) is 37.4. The van der Waals surface area contributed by atoms with Crippen molar-refractivity contribution in [3.05, 3.63) is 119 Å². The van der Waals surface area contributed by atoms with Crippen LogP contribution in [0.3, 0.4) is 0 Å². The second kappa shape index (κ2) is 24.4. The maximum absolute atomic E-state index is 12.8. The molecule has 0 fully saturated rings. The fourth-order valence-corrected chi connectivity index (χ4v) is 5.90. The van der Waals surface area contributed by atoms with Crippen molar-refractivity contribution in [2.75, 3.05) is 13.2 Å². The molecule has 53 heavy (non-hydrogen) atoms. The van der Waals surface area contributed by atoms with Gasteiger partial charge in [-0.05, 0) is 96.8 Å².